The largest absolute Gasteiger partial charge is 0.490 e. The van der Waals surface area contributed by atoms with Crippen molar-refractivity contribution in [3.05, 3.63) is 23.8 Å². The fraction of sp³-hybridized carbons (Fsp3) is 0.500. The van der Waals surface area contributed by atoms with Crippen LogP contribution in [-0.2, 0) is 11.2 Å². The van der Waals surface area contributed by atoms with Crippen LogP contribution in [-0.4, -0.2) is 31.3 Å². The molecule has 0 saturated carbocycles. The molecule has 1 heterocycles. The van der Waals surface area contributed by atoms with Gasteiger partial charge in [-0.1, -0.05) is 6.07 Å². The first-order chi connectivity index (χ1) is 8.66. The van der Waals surface area contributed by atoms with Gasteiger partial charge >= 0.3 is 5.97 Å². The average molecular weight is 249 g/mol. The minimum atomic E-state index is -0.714. The van der Waals surface area contributed by atoms with Crippen LogP contribution in [0.15, 0.2) is 18.2 Å². The first-order valence-electron chi connectivity index (χ1n) is 6.35. The Bertz CT molecular complexity index is 431. The molecule has 0 bridgehead atoms. The summed E-state index contributed by atoms with van der Waals surface area (Å²) >= 11 is 0. The Morgan fingerprint density at radius 3 is 3.06 bits per heavy atom. The molecule has 1 aliphatic rings. The van der Waals surface area contributed by atoms with Gasteiger partial charge in [0.15, 0.2) is 0 Å². The molecule has 0 aliphatic carbocycles. The van der Waals surface area contributed by atoms with Crippen LogP contribution in [0.25, 0.3) is 0 Å². The SMILES string of the molecule is CN1CCOc2ccc(CCCCC(=O)O)cc21. The Morgan fingerprint density at radius 2 is 2.28 bits per heavy atom. The number of likely N-dealkylation sites (N-methyl/N-ethyl adjacent to an activating group) is 1. The van der Waals surface area contributed by atoms with Crippen LogP contribution in [0.5, 0.6) is 5.75 Å². The van der Waals surface area contributed by atoms with Crippen molar-refractivity contribution in [1.29, 1.82) is 0 Å². The topological polar surface area (TPSA) is 49.8 Å². The number of carboxylic acids is 1. The Hall–Kier alpha value is -1.71. The average Bonchev–Trinajstić information content (AvgIpc) is 2.35. The number of ether oxygens (including phenoxy) is 1. The van der Waals surface area contributed by atoms with Gasteiger partial charge in [0.25, 0.3) is 0 Å². The molecule has 1 N–H and O–H groups in total. The summed E-state index contributed by atoms with van der Waals surface area (Å²) in [6.07, 6.45) is 2.83. The Kier molecular flexibility index (Phi) is 4.07. The highest BCUT2D eigenvalue weighted by Gasteiger charge is 2.14. The van der Waals surface area contributed by atoms with Gasteiger partial charge in [0.05, 0.1) is 12.2 Å². The molecule has 0 radical (unpaired) electrons. The predicted octanol–water partition coefficient (Wildman–Crippen LogP) is 2.31. The summed E-state index contributed by atoms with van der Waals surface area (Å²) in [6, 6.07) is 6.23. The van der Waals surface area contributed by atoms with Crippen molar-refractivity contribution >= 4 is 11.7 Å². The Labute approximate surface area is 107 Å². The van der Waals surface area contributed by atoms with Crippen LogP contribution in [0, 0.1) is 0 Å². The van der Waals surface area contributed by atoms with Crippen molar-refractivity contribution in [3.63, 3.8) is 0 Å². The van der Waals surface area contributed by atoms with Gasteiger partial charge in [0.1, 0.15) is 12.4 Å². The number of anilines is 1. The zero-order chi connectivity index (χ0) is 13.0. The van der Waals surface area contributed by atoms with Gasteiger partial charge in [-0.15, -0.1) is 0 Å². The number of aliphatic carboxylic acids is 1. The highest BCUT2D eigenvalue weighted by atomic mass is 16.5. The van der Waals surface area contributed by atoms with Crippen LogP contribution in [0.3, 0.4) is 0 Å². The number of hydrogen-bond donors (Lipinski definition) is 1. The molecule has 0 spiro atoms. The van der Waals surface area contributed by atoms with E-state index in [0.29, 0.717) is 0 Å². The quantitative estimate of drug-likeness (QED) is 0.814. The number of rotatable bonds is 5. The molecule has 4 nitrogen and oxygen atoms in total. The van der Waals surface area contributed by atoms with Crippen molar-refractivity contribution in [2.24, 2.45) is 0 Å². The number of fused-ring (bicyclic) bond motifs is 1. The van der Waals surface area contributed by atoms with Crippen molar-refractivity contribution in [2.75, 3.05) is 25.1 Å². The highest BCUT2D eigenvalue weighted by molar-refractivity contribution is 5.66. The molecule has 0 amide bonds. The van der Waals surface area contributed by atoms with E-state index in [4.69, 9.17) is 9.84 Å². The van der Waals surface area contributed by atoms with Gasteiger partial charge in [-0.2, -0.15) is 0 Å². The van der Waals surface area contributed by atoms with E-state index in [0.717, 1.165) is 43.9 Å². The molecule has 1 aromatic carbocycles. The van der Waals surface area contributed by atoms with E-state index in [9.17, 15) is 4.79 Å². The summed E-state index contributed by atoms with van der Waals surface area (Å²) in [5, 5.41) is 8.58. The van der Waals surface area contributed by atoms with E-state index < -0.39 is 5.97 Å². The third-order valence-electron chi connectivity index (χ3n) is 3.22. The van der Waals surface area contributed by atoms with Gasteiger partial charge in [-0.3, -0.25) is 4.79 Å². The third kappa shape index (κ3) is 3.15. The third-order valence-corrected chi connectivity index (χ3v) is 3.22. The number of carboxylic acid groups (broad SMARTS) is 1. The summed E-state index contributed by atoms with van der Waals surface area (Å²) in [5.41, 5.74) is 2.38. The first kappa shape index (κ1) is 12.7. The summed E-state index contributed by atoms with van der Waals surface area (Å²) in [5.74, 6) is 0.228. The molecule has 0 fully saturated rings. The van der Waals surface area contributed by atoms with Crippen LogP contribution >= 0.6 is 0 Å². The second-order valence-electron chi connectivity index (χ2n) is 4.67. The summed E-state index contributed by atoms with van der Waals surface area (Å²) in [6.45, 7) is 1.65. The van der Waals surface area contributed by atoms with Crippen LogP contribution in [0.2, 0.25) is 0 Å². The van der Waals surface area contributed by atoms with E-state index in [2.05, 4.69) is 24.1 Å². The van der Waals surface area contributed by atoms with Crippen molar-refractivity contribution in [3.8, 4) is 5.75 Å². The smallest absolute Gasteiger partial charge is 0.303 e. The van der Waals surface area contributed by atoms with E-state index in [1.165, 1.54) is 5.56 Å². The van der Waals surface area contributed by atoms with Crippen LogP contribution in [0.4, 0.5) is 5.69 Å². The number of unbranched alkanes of at least 4 members (excludes halogenated alkanes) is 1. The number of nitrogens with zero attached hydrogens (tertiary/aromatic N) is 1. The molecule has 0 saturated heterocycles. The lowest BCUT2D eigenvalue weighted by Crippen LogP contribution is -2.28. The minimum Gasteiger partial charge on any atom is -0.490 e. The van der Waals surface area contributed by atoms with Crippen molar-refractivity contribution in [1.82, 2.24) is 0 Å². The van der Waals surface area contributed by atoms with Gasteiger partial charge in [-0.25, -0.2) is 0 Å². The molecule has 0 atom stereocenters. The summed E-state index contributed by atoms with van der Waals surface area (Å²) in [4.78, 5) is 12.6. The molecule has 18 heavy (non-hydrogen) atoms. The normalized spacial score (nSPS) is 13.9. The molecular weight excluding hydrogens is 230 g/mol. The van der Waals surface area contributed by atoms with E-state index in [-0.39, 0.29) is 6.42 Å². The number of carbonyl (C=O) groups is 1. The number of hydrogen-bond acceptors (Lipinski definition) is 3. The lowest BCUT2D eigenvalue weighted by atomic mass is 10.1. The first-order valence-corrected chi connectivity index (χ1v) is 6.35. The fourth-order valence-corrected chi connectivity index (χ4v) is 2.16. The van der Waals surface area contributed by atoms with Gasteiger partial charge in [0, 0.05) is 13.5 Å². The van der Waals surface area contributed by atoms with E-state index in [1.807, 2.05) is 6.07 Å². The number of aryl methyl sites for hydroxylation is 1. The highest BCUT2D eigenvalue weighted by Crippen LogP contribution is 2.31. The second kappa shape index (κ2) is 5.76. The fourth-order valence-electron chi connectivity index (χ4n) is 2.16. The summed E-state index contributed by atoms with van der Waals surface area (Å²) in [7, 11) is 2.07. The monoisotopic (exact) mass is 249 g/mol. The summed E-state index contributed by atoms with van der Waals surface area (Å²) < 4.78 is 5.59. The zero-order valence-electron chi connectivity index (χ0n) is 10.7. The van der Waals surface area contributed by atoms with Crippen molar-refractivity contribution in [2.45, 2.75) is 25.7 Å². The molecule has 0 unspecified atom stereocenters. The maximum Gasteiger partial charge on any atom is 0.303 e. The maximum absolute atomic E-state index is 10.4. The molecular formula is C14H19NO3. The molecule has 1 aliphatic heterocycles. The molecule has 0 aromatic heterocycles. The Balaban J connectivity index is 1.94. The predicted molar refractivity (Wildman–Crippen MR) is 70.4 cm³/mol. The molecule has 1 aromatic rings. The Morgan fingerprint density at radius 1 is 1.44 bits per heavy atom. The lowest BCUT2D eigenvalue weighted by molar-refractivity contribution is -0.137. The zero-order valence-corrected chi connectivity index (χ0v) is 10.7. The van der Waals surface area contributed by atoms with Gasteiger partial charge in [-0.05, 0) is 37.0 Å². The van der Waals surface area contributed by atoms with Gasteiger partial charge in [0.2, 0.25) is 0 Å². The lowest BCUT2D eigenvalue weighted by Gasteiger charge is -2.28. The molecule has 4 heteroatoms. The molecule has 2 rings (SSSR count). The minimum absolute atomic E-state index is 0.258. The standard InChI is InChI=1S/C14H19NO3/c1-15-8-9-18-13-7-6-11(10-12(13)15)4-2-3-5-14(16)17/h6-7,10H,2-5,8-9H2,1H3,(H,16,17). The van der Waals surface area contributed by atoms with Crippen LogP contribution in [0.1, 0.15) is 24.8 Å². The number of benzene rings is 1. The second-order valence-corrected chi connectivity index (χ2v) is 4.67. The van der Waals surface area contributed by atoms with E-state index >= 15 is 0 Å². The van der Waals surface area contributed by atoms with E-state index in [1.54, 1.807) is 0 Å². The van der Waals surface area contributed by atoms with Crippen LogP contribution < -0.4 is 9.64 Å². The van der Waals surface area contributed by atoms with Crippen molar-refractivity contribution < 1.29 is 14.6 Å². The maximum atomic E-state index is 10.4. The van der Waals surface area contributed by atoms with Gasteiger partial charge < -0.3 is 14.7 Å². The molecule has 98 valence electrons.